The molecule has 0 saturated carbocycles. The fourth-order valence-corrected chi connectivity index (χ4v) is 8.04. The molecule has 0 spiro atoms. The Kier molecular flexibility index (Phi) is 9.64. The van der Waals surface area contributed by atoms with E-state index in [1.165, 1.54) is 6.92 Å². The highest BCUT2D eigenvalue weighted by Crippen LogP contribution is 2.64. The van der Waals surface area contributed by atoms with Crippen LogP contribution in [0.4, 0.5) is 0 Å². The van der Waals surface area contributed by atoms with Crippen molar-refractivity contribution in [2.75, 3.05) is 0 Å². The molecule has 32 heavy (non-hydrogen) atoms. The molecule has 0 radical (unpaired) electrons. The minimum atomic E-state index is -4.69. The summed E-state index contributed by atoms with van der Waals surface area (Å²) in [7, 11) is -7.24. The Morgan fingerprint density at radius 3 is 1.25 bits per heavy atom. The van der Waals surface area contributed by atoms with Crippen molar-refractivity contribution >= 4 is 52.3 Å². The van der Waals surface area contributed by atoms with E-state index in [9.17, 15) is 5.11 Å². The van der Waals surface area contributed by atoms with E-state index in [2.05, 4.69) is 4.99 Å². The van der Waals surface area contributed by atoms with Gasteiger partial charge in [-0.05, 0) is 49.2 Å². The second-order valence-electron chi connectivity index (χ2n) is 6.29. The summed E-state index contributed by atoms with van der Waals surface area (Å²) in [6, 6.07) is 30.0. The van der Waals surface area contributed by atoms with E-state index in [0.29, 0.717) is 5.44 Å². The van der Waals surface area contributed by atoms with Crippen LogP contribution >= 0.6 is 30.5 Å². The van der Waals surface area contributed by atoms with Gasteiger partial charge in [-0.2, -0.15) is 14.0 Å². The molecule has 0 heterocycles. The number of hydrogen-bond acceptors (Lipinski definition) is 6. The molecule has 0 bridgehead atoms. The summed E-state index contributed by atoms with van der Waals surface area (Å²) in [6.07, 6.45) is 0. The van der Waals surface area contributed by atoms with Gasteiger partial charge in [0.25, 0.3) is 0 Å². The molecule has 168 valence electrons. The Morgan fingerprint density at radius 1 is 0.750 bits per heavy atom. The molecule has 0 aliphatic heterocycles. The van der Waals surface area contributed by atoms with Gasteiger partial charge in [-0.15, -0.1) is 0 Å². The van der Waals surface area contributed by atoms with Crippen LogP contribution in [-0.2, 0) is 0 Å². The zero-order chi connectivity index (χ0) is 23.8. The Bertz CT molecular complexity index is 949. The molecule has 0 saturated heterocycles. The van der Waals surface area contributed by atoms with Crippen LogP contribution in [0.1, 0.15) is 6.92 Å². The Hall–Kier alpha value is -1.99. The molecule has 0 unspecified atom stereocenters. The molecule has 3 rings (SSSR count). The number of benzene rings is 3. The first-order chi connectivity index (χ1) is 15.1. The van der Waals surface area contributed by atoms with Crippen LogP contribution in [-0.4, -0.2) is 10.6 Å². The standard InChI is InChI=1S/C22H18Cl2NOP.ClHO4/c1-17(26)25-22(21(23)24)27(18-11-5-2-6-12-18,19-13-7-3-8-14-19)20-15-9-4-10-16-20;2-1(3,4)5/h2-16H,1H3;(H,2,3,4,5). The first kappa shape index (κ1) is 26.3. The highest BCUT2D eigenvalue weighted by molar-refractivity contribution is 7.99. The molecule has 10 heteroatoms. The van der Waals surface area contributed by atoms with Gasteiger partial charge in [0.2, 0.25) is 5.44 Å². The lowest BCUT2D eigenvalue weighted by Crippen LogP contribution is -2.58. The van der Waals surface area contributed by atoms with Crippen molar-refractivity contribution in [2.24, 2.45) is 4.99 Å². The van der Waals surface area contributed by atoms with Crippen LogP contribution in [0.2, 0.25) is 0 Å². The van der Waals surface area contributed by atoms with Gasteiger partial charge in [-0.3, -0.25) is 0 Å². The highest BCUT2D eigenvalue weighted by Gasteiger charge is 2.51. The first-order valence-electron chi connectivity index (χ1n) is 9.04. The van der Waals surface area contributed by atoms with E-state index in [1.54, 1.807) is 0 Å². The number of halogens is 3. The van der Waals surface area contributed by atoms with E-state index in [-0.39, 0.29) is 10.4 Å². The van der Waals surface area contributed by atoms with Crippen molar-refractivity contribution in [1.29, 1.82) is 0 Å². The van der Waals surface area contributed by atoms with Crippen molar-refractivity contribution in [3.63, 3.8) is 0 Å². The molecule has 6 nitrogen and oxygen atoms in total. The average molecular weight is 515 g/mol. The van der Waals surface area contributed by atoms with Gasteiger partial charge in [0, 0.05) is 0 Å². The largest absolute Gasteiger partial charge is 0.862 e. The number of rotatable bonds is 5. The quantitative estimate of drug-likeness (QED) is 0.297. The Labute approximate surface area is 198 Å². The second kappa shape index (κ2) is 11.8. The third kappa shape index (κ3) is 7.01. The van der Waals surface area contributed by atoms with Crippen molar-refractivity contribution in [3.05, 3.63) is 101 Å². The minimum absolute atomic E-state index is 0.00934. The van der Waals surface area contributed by atoms with Crippen LogP contribution in [0.3, 0.4) is 0 Å². The van der Waals surface area contributed by atoms with Crippen molar-refractivity contribution in [3.8, 4) is 0 Å². The van der Waals surface area contributed by atoms with Crippen LogP contribution in [0.5, 0.6) is 0 Å². The number of aliphatic imine (C=N–C) groups is 1. The molecule has 0 amide bonds. The summed E-state index contributed by atoms with van der Waals surface area (Å²) in [4.78, 5) is 4.30. The average Bonchev–Trinajstić information content (AvgIpc) is 2.74. The molecule has 3 aromatic rings. The molecule has 0 aliphatic carbocycles. The van der Waals surface area contributed by atoms with E-state index >= 15 is 0 Å². The van der Waals surface area contributed by atoms with E-state index in [4.69, 9.17) is 41.8 Å². The first-order valence-corrected chi connectivity index (χ1v) is 12.8. The summed E-state index contributed by atoms with van der Waals surface area (Å²) in [5.41, 5.74) is 0.418. The van der Waals surface area contributed by atoms with Gasteiger partial charge in [-0.1, -0.05) is 77.8 Å². The summed E-state index contributed by atoms with van der Waals surface area (Å²) in [5.74, 6) is -0.337. The van der Waals surface area contributed by atoms with Gasteiger partial charge in [0.15, 0.2) is 11.8 Å². The lowest BCUT2D eigenvalue weighted by atomic mass is 10.4. The molecule has 0 aromatic heterocycles. The normalized spacial score (nSPS) is 11.9. The zero-order valence-electron chi connectivity index (χ0n) is 16.8. The van der Waals surface area contributed by atoms with Crippen molar-refractivity contribution < 1.29 is 34.0 Å². The summed E-state index contributed by atoms with van der Waals surface area (Å²) < 4.78 is 32.7. The predicted octanol–water partition coefficient (Wildman–Crippen LogP) is 0.239. The molecule has 3 aromatic carbocycles. The maximum atomic E-state index is 12.0. The predicted molar refractivity (Wildman–Crippen MR) is 119 cm³/mol. The monoisotopic (exact) mass is 513 g/mol. The second-order valence-corrected chi connectivity index (χ2v) is 11.3. The van der Waals surface area contributed by atoms with Crippen LogP contribution in [0.25, 0.3) is 0 Å². The van der Waals surface area contributed by atoms with Crippen LogP contribution in [0, 0.1) is 10.2 Å². The Morgan fingerprint density at radius 2 is 1.03 bits per heavy atom. The van der Waals surface area contributed by atoms with Crippen LogP contribution in [0.15, 0.2) is 106 Å². The van der Waals surface area contributed by atoms with E-state index < -0.39 is 17.5 Å². The van der Waals surface area contributed by atoms with Crippen LogP contribution < -0.4 is 35.0 Å². The fourth-order valence-electron chi connectivity index (χ4n) is 3.16. The topological polar surface area (TPSA) is 125 Å². The SMILES string of the molecule is C/C([O-])=N/C(=C(Cl)Cl)[P+](c1ccccc1)(c1ccccc1)c1ccccc1.[O-][Cl+3]([O-])([O-])O. The maximum absolute atomic E-state index is 12.0. The molecule has 0 atom stereocenters. The van der Waals surface area contributed by atoms with E-state index in [0.717, 1.165) is 15.9 Å². The Balaban J connectivity index is 0.000000654. The molecular weight excluding hydrogens is 496 g/mol. The zero-order valence-corrected chi connectivity index (χ0v) is 19.9. The molecule has 0 fully saturated rings. The molecular formula is C22H19Cl3NO5P. The van der Waals surface area contributed by atoms with Gasteiger partial charge < -0.3 is 5.11 Å². The molecule has 1 N–H and O–H groups in total. The van der Waals surface area contributed by atoms with Crippen molar-refractivity contribution in [1.82, 2.24) is 0 Å². The lowest BCUT2D eigenvalue weighted by Gasteiger charge is -2.28. The third-order valence-electron chi connectivity index (χ3n) is 4.18. The van der Waals surface area contributed by atoms with E-state index in [1.807, 2.05) is 91.0 Å². The summed E-state index contributed by atoms with van der Waals surface area (Å²) in [6.45, 7) is 1.41. The van der Waals surface area contributed by atoms with Gasteiger partial charge in [-0.25, -0.2) is 4.99 Å². The molecule has 0 aliphatic rings. The highest BCUT2D eigenvalue weighted by atomic mass is 35.7. The lowest BCUT2D eigenvalue weighted by molar-refractivity contribution is -1.92. The van der Waals surface area contributed by atoms with Crippen molar-refractivity contribution in [2.45, 2.75) is 6.92 Å². The van der Waals surface area contributed by atoms with Gasteiger partial charge >= 0.3 is 0 Å². The van der Waals surface area contributed by atoms with Gasteiger partial charge in [0.1, 0.15) is 15.9 Å². The van der Waals surface area contributed by atoms with Gasteiger partial charge in [0.05, 0.1) is 14.9 Å². The number of hydrogen-bond donors (Lipinski definition) is 1. The summed E-state index contributed by atoms with van der Waals surface area (Å²) >= 11 is 12.7. The third-order valence-corrected chi connectivity index (χ3v) is 8.98. The minimum Gasteiger partial charge on any atom is -0.862 e. The maximum Gasteiger partial charge on any atom is 0.227 e. The number of nitrogens with zero attached hydrogens (tertiary/aromatic N) is 1. The fraction of sp³-hybridized carbons (Fsp3) is 0.0455. The smallest absolute Gasteiger partial charge is 0.227 e. The summed E-state index contributed by atoms with van der Waals surface area (Å²) in [5, 5.41) is 15.1.